The van der Waals surface area contributed by atoms with Crippen molar-refractivity contribution >= 4 is 0 Å². The molecule has 0 aromatic rings. The smallest absolute Gasteiger partial charge is 1.00 e. The molecule has 0 saturated carbocycles. The second-order valence-corrected chi connectivity index (χ2v) is 0. The summed E-state index contributed by atoms with van der Waals surface area (Å²) in [6, 6.07) is 0. The maximum atomic E-state index is 0. The molecule has 0 fully saturated rings. The average molecular weight is 169 g/mol. The molecule has 7 heavy (non-hydrogen) atoms. The molecular weight excluding hydrogens is 161 g/mol. The van der Waals surface area contributed by atoms with Gasteiger partial charge in [-0.15, -0.1) is 0 Å². The van der Waals surface area contributed by atoms with Crippen LogP contribution in [-0.4, -0.2) is 21.9 Å². The Labute approximate surface area is 48.8 Å². The summed E-state index contributed by atoms with van der Waals surface area (Å²) in [4.78, 5) is 0. The number of hydrogen-bond acceptors (Lipinski definition) is 0. The molecule has 7 heteroatoms. The van der Waals surface area contributed by atoms with Crippen LogP contribution < -0.4 is 9.41 Å². The van der Waals surface area contributed by atoms with E-state index in [9.17, 15) is 0 Å². The van der Waals surface area contributed by atoms with E-state index in [0.717, 1.165) is 0 Å². The van der Waals surface area contributed by atoms with Gasteiger partial charge in [-0.2, -0.15) is 0 Å². The van der Waals surface area contributed by atoms with Crippen molar-refractivity contribution in [1.82, 2.24) is 0 Å². The zero-order chi connectivity index (χ0) is 0. The van der Waals surface area contributed by atoms with E-state index < -0.39 is 0 Å². The van der Waals surface area contributed by atoms with Crippen LogP contribution in [0.3, 0.4) is 0 Å². The van der Waals surface area contributed by atoms with E-state index in [2.05, 4.69) is 0 Å². The Bertz CT molecular complexity index is 9.65. The van der Waals surface area contributed by atoms with Crippen molar-refractivity contribution in [3.63, 3.8) is 0 Å². The van der Waals surface area contributed by atoms with Crippen molar-refractivity contribution < 1.29 is 47.8 Å². The fraction of sp³-hybridized carbons (Fsp3) is 0. The summed E-state index contributed by atoms with van der Waals surface area (Å²) in [6.07, 6.45) is 0. The van der Waals surface area contributed by atoms with Crippen LogP contribution in [0.2, 0.25) is 0 Å². The number of rotatable bonds is 0. The molecule has 0 heterocycles. The van der Waals surface area contributed by atoms with Gasteiger partial charge in [-0.3, -0.25) is 0 Å². The van der Waals surface area contributed by atoms with Gasteiger partial charge in [-0.25, -0.2) is 0 Å². The molecule has 4 nitrogen and oxygen atoms in total. The molecule has 8 N–H and O–H groups in total. The zero-order valence-corrected chi connectivity index (χ0v) is 4.06. The van der Waals surface area contributed by atoms with Gasteiger partial charge in [0.25, 0.3) is 0 Å². The van der Waals surface area contributed by atoms with E-state index in [1.54, 1.807) is 0 Å². The molecule has 0 aliphatic rings. The van der Waals surface area contributed by atoms with Gasteiger partial charge < -0.3 is 31.3 Å². The molecule has 0 radical (unpaired) electrons. The molecule has 0 bridgehead atoms. The normalized spacial score (nSPS) is 0. The third-order valence-corrected chi connectivity index (χ3v) is 0. The van der Waals surface area contributed by atoms with Crippen LogP contribution in [0.4, 0.5) is 0 Å². The molecular formula is H8F2NiO4. The summed E-state index contributed by atoms with van der Waals surface area (Å²) >= 11 is 0. The van der Waals surface area contributed by atoms with Gasteiger partial charge in [0, 0.05) is 0 Å². The van der Waals surface area contributed by atoms with E-state index in [0.29, 0.717) is 0 Å². The molecule has 0 amide bonds. The Kier molecular flexibility index (Phi) is 4700000. The van der Waals surface area contributed by atoms with Gasteiger partial charge in [-0.05, 0) is 0 Å². The molecule has 0 saturated heterocycles. The van der Waals surface area contributed by atoms with Crippen LogP contribution in [-0.2, 0) is 16.5 Å². The maximum absolute atomic E-state index is 0. The maximum Gasteiger partial charge on any atom is 2.00 e. The van der Waals surface area contributed by atoms with Gasteiger partial charge >= 0.3 is 16.5 Å². The van der Waals surface area contributed by atoms with E-state index in [-0.39, 0.29) is 47.8 Å². The topological polar surface area (TPSA) is 126 Å². The van der Waals surface area contributed by atoms with Gasteiger partial charge in [0.1, 0.15) is 0 Å². The van der Waals surface area contributed by atoms with E-state index >= 15 is 0 Å². The summed E-state index contributed by atoms with van der Waals surface area (Å²) in [6.45, 7) is 0. The molecule has 0 aromatic heterocycles. The first-order valence-electron chi connectivity index (χ1n) is 0. The largest absolute Gasteiger partial charge is 2.00 e. The Morgan fingerprint density at radius 2 is 0.429 bits per heavy atom. The summed E-state index contributed by atoms with van der Waals surface area (Å²) < 4.78 is 0. The van der Waals surface area contributed by atoms with Gasteiger partial charge in [0.05, 0.1) is 0 Å². The summed E-state index contributed by atoms with van der Waals surface area (Å²) in [5.74, 6) is 0. The molecule has 0 rings (SSSR count). The van der Waals surface area contributed by atoms with Crippen molar-refractivity contribution in [3.05, 3.63) is 0 Å². The molecule has 0 aliphatic heterocycles. The predicted octanol–water partition coefficient (Wildman–Crippen LogP) is -9.29. The number of halogens is 2. The van der Waals surface area contributed by atoms with E-state index in [4.69, 9.17) is 0 Å². The minimum Gasteiger partial charge on any atom is -1.00 e. The summed E-state index contributed by atoms with van der Waals surface area (Å²) in [5.41, 5.74) is 0. The Balaban J connectivity index is 0. The average Bonchev–Trinajstić information content (AvgIpc) is 0. The van der Waals surface area contributed by atoms with Crippen LogP contribution in [0.25, 0.3) is 0 Å². The predicted molar refractivity (Wildman–Crippen MR) is 14.5 cm³/mol. The molecule has 0 spiro atoms. The van der Waals surface area contributed by atoms with Crippen molar-refractivity contribution in [1.29, 1.82) is 0 Å². The zero-order valence-electron chi connectivity index (χ0n) is 3.07. The third kappa shape index (κ3) is 2910. The summed E-state index contributed by atoms with van der Waals surface area (Å²) in [5, 5.41) is 0. The van der Waals surface area contributed by atoms with Crippen LogP contribution in [0, 0.1) is 0 Å². The molecule has 0 aromatic carbocycles. The van der Waals surface area contributed by atoms with Gasteiger partial charge in [0.2, 0.25) is 0 Å². The second kappa shape index (κ2) is 4460. The van der Waals surface area contributed by atoms with Crippen LogP contribution in [0.5, 0.6) is 0 Å². The van der Waals surface area contributed by atoms with Crippen LogP contribution >= 0.6 is 0 Å². The molecule has 0 aliphatic carbocycles. The Hall–Kier alpha value is 0.194. The molecule has 0 atom stereocenters. The van der Waals surface area contributed by atoms with Crippen LogP contribution in [0.15, 0.2) is 0 Å². The standard InChI is InChI=1S/2FH.Ni.4H2O/h2*1H;;4*1H2/q;;+2;;;;/p-2. The Morgan fingerprint density at radius 1 is 0.429 bits per heavy atom. The second-order valence-electron chi connectivity index (χ2n) is 0. The first-order valence-corrected chi connectivity index (χ1v) is 0. The minimum atomic E-state index is 0. The monoisotopic (exact) mass is 168 g/mol. The third-order valence-electron chi connectivity index (χ3n) is 0. The van der Waals surface area contributed by atoms with Crippen molar-refractivity contribution in [3.8, 4) is 0 Å². The fourth-order valence-electron chi connectivity index (χ4n) is 0. The fourth-order valence-corrected chi connectivity index (χ4v) is 0. The van der Waals surface area contributed by atoms with E-state index in [1.165, 1.54) is 0 Å². The van der Waals surface area contributed by atoms with Crippen LogP contribution in [0.1, 0.15) is 0 Å². The Morgan fingerprint density at radius 3 is 0.429 bits per heavy atom. The summed E-state index contributed by atoms with van der Waals surface area (Å²) in [7, 11) is 0. The van der Waals surface area contributed by atoms with Gasteiger partial charge in [-0.1, -0.05) is 0 Å². The quantitative estimate of drug-likeness (QED) is 0.319. The molecule has 0 unspecified atom stereocenters. The van der Waals surface area contributed by atoms with Crippen molar-refractivity contribution in [2.45, 2.75) is 0 Å². The SMILES string of the molecule is O.O.O.O.[F-].[F-].[Ni+2]. The molecule has 56 valence electrons. The number of hydrogen-bond donors (Lipinski definition) is 0. The first kappa shape index (κ1) is 7370. The first-order chi connectivity index (χ1) is 0. The van der Waals surface area contributed by atoms with Gasteiger partial charge in [0.15, 0.2) is 0 Å². The van der Waals surface area contributed by atoms with E-state index in [1.807, 2.05) is 0 Å². The van der Waals surface area contributed by atoms with Crippen molar-refractivity contribution in [2.75, 3.05) is 0 Å². The van der Waals surface area contributed by atoms with Crippen molar-refractivity contribution in [2.24, 2.45) is 0 Å². The minimum absolute atomic E-state index is 0.